The topological polar surface area (TPSA) is 46.3 Å². The number of piperidine rings is 1. The summed E-state index contributed by atoms with van der Waals surface area (Å²) >= 11 is 6.76. The van der Waals surface area contributed by atoms with E-state index in [1.165, 1.54) is 11.1 Å². The summed E-state index contributed by atoms with van der Waals surface area (Å²) in [6.07, 6.45) is 3.63. The molecule has 3 nitrogen and oxygen atoms in total. The molecule has 2 aliphatic heterocycles. The van der Waals surface area contributed by atoms with Gasteiger partial charge in [0.1, 0.15) is 0 Å². The van der Waals surface area contributed by atoms with Crippen molar-refractivity contribution in [3.05, 3.63) is 106 Å². The lowest BCUT2D eigenvalue weighted by atomic mass is 9.68. The molecule has 3 aromatic rings. The predicted octanol–water partition coefficient (Wildman–Crippen LogP) is 5.79. The van der Waals surface area contributed by atoms with Crippen molar-refractivity contribution in [2.45, 2.75) is 56.1 Å². The van der Waals surface area contributed by atoms with Crippen LogP contribution in [0.5, 0.6) is 0 Å². The molecule has 2 aliphatic rings. The van der Waals surface area contributed by atoms with Crippen LogP contribution in [0, 0.1) is 6.92 Å². The second-order valence-corrected chi connectivity index (χ2v) is 9.74. The van der Waals surface area contributed by atoms with Crippen LogP contribution in [0.3, 0.4) is 0 Å². The van der Waals surface area contributed by atoms with Gasteiger partial charge in [-0.1, -0.05) is 84.4 Å². The Bertz CT molecular complexity index is 1070. The molecule has 5 rings (SSSR count). The van der Waals surface area contributed by atoms with Crippen LogP contribution >= 0.6 is 11.6 Å². The highest BCUT2D eigenvalue weighted by molar-refractivity contribution is 6.31. The van der Waals surface area contributed by atoms with Crippen molar-refractivity contribution in [2.24, 2.45) is 5.73 Å². The molecule has 3 atom stereocenters. The second kappa shape index (κ2) is 8.38. The minimum absolute atomic E-state index is 0.0593. The number of aryl methyl sites for hydroxylation is 1. The third-order valence-electron chi connectivity index (χ3n) is 7.62. The number of rotatable bonds is 5. The van der Waals surface area contributed by atoms with E-state index in [4.69, 9.17) is 17.3 Å². The Kier molecular flexibility index (Phi) is 5.56. The quantitative estimate of drug-likeness (QED) is 0.541. The lowest BCUT2D eigenvalue weighted by Crippen LogP contribution is -2.55. The summed E-state index contributed by atoms with van der Waals surface area (Å²) in [5, 5.41) is 0.787. The molecule has 3 unspecified atom stereocenters. The number of carbonyl (C=O) groups excluding carboxylic acids is 1. The number of amides is 1. The summed E-state index contributed by atoms with van der Waals surface area (Å²) < 4.78 is 0. The van der Waals surface area contributed by atoms with Crippen LogP contribution in [0.15, 0.2) is 78.9 Å². The Morgan fingerprint density at radius 3 is 2.06 bits per heavy atom. The number of halogens is 1. The van der Waals surface area contributed by atoms with E-state index in [0.29, 0.717) is 0 Å². The highest BCUT2D eigenvalue weighted by Crippen LogP contribution is 2.52. The van der Waals surface area contributed by atoms with Crippen molar-refractivity contribution >= 4 is 17.5 Å². The van der Waals surface area contributed by atoms with Gasteiger partial charge in [-0.2, -0.15) is 0 Å². The highest BCUT2D eigenvalue weighted by Gasteiger charge is 2.54. The van der Waals surface area contributed by atoms with E-state index in [2.05, 4.69) is 60.4 Å². The fourth-order valence-corrected chi connectivity index (χ4v) is 6.36. The molecule has 0 spiro atoms. The average Bonchev–Trinajstić information content (AvgIpc) is 3.06. The van der Waals surface area contributed by atoms with Crippen molar-refractivity contribution < 1.29 is 4.79 Å². The molecule has 4 heteroatoms. The molecule has 1 amide bonds. The van der Waals surface area contributed by atoms with E-state index in [0.717, 1.165) is 41.8 Å². The van der Waals surface area contributed by atoms with Gasteiger partial charge in [0.15, 0.2) is 0 Å². The number of fused-ring (bicyclic) bond motifs is 2. The molecule has 3 aromatic carbocycles. The zero-order valence-electron chi connectivity index (χ0n) is 18.4. The van der Waals surface area contributed by atoms with E-state index in [1.54, 1.807) is 0 Å². The third-order valence-corrected chi connectivity index (χ3v) is 7.97. The monoisotopic (exact) mass is 444 g/mol. The number of nitrogens with zero attached hydrogens (tertiary/aromatic N) is 1. The fraction of sp³-hybridized carbons (Fsp3) is 0.321. The molecule has 2 bridgehead atoms. The number of hydrogen-bond donors (Lipinski definition) is 1. The maximum absolute atomic E-state index is 12.9. The van der Waals surface area contributed by atoms with E-state index in [9.17, 15) is 4.79 Å². The van der Waals surface area contributed by atoms with Crippen LogP contribution in [0.4, 0.5) is 0 Å². The van der Waals surface area contributed by atoms with Gasteiger partial charge >= 0.3 is 0 Å². The van der Waals surface area contributed by atoms with Crippen LogP contribution in [0.25, 0.3) is 0 Å². The van der Waals surface area contributed by atoms with Crippen molar-refractivity contribution in [2.75, 3.05) is 0 Å². The summed E-state index contributed by atoms with van der Waals surface area (Å²) in [6, 6.07) is 27.5. The van der Waals surface area contributed by atoms with Gasteiger partial charge < -0.3 is 5.73 Å². The zero-order chi connectivity index (χ0) is 22.3. The van der Waals surface area contributed by atoms with Crippen LogP contribution in [-0.2, 0) is 10.2 Å². The summed E-state index contributed by atoms with van der Waals surface area (Å²) in [5.74, 6) is -0.203. The van der Waals surface area contributed by atoms with Crippen molar-refractivity contribution in [1.29, 1.82) is 0 Å². The van der Waals surface area contributed by atoms with Crippen molar-refractivity contribution in [1.82, 2.24) is 4.90 Å². The summed E-state index contributed by atoms with van der Waals surface area (Å²) in [7, 11) is 0. The van der Waals surface area contributed by atoms with Crippen molar-refractivity contribution in [3.8, 4) is 0 Å². The Morgan fingerprint density at radius 2 is 1.47 bits per heavy atom. The standard InChI is InChI=1S/C28H29ClN2O/c1-19-9-5-6-12-23(19)26(24-13-7-8-14-25(24)29)31-21-15-16-22(31)18-28(17-21,27(30)32)20-10-3-2-4-11-20/h2-14,21-22,26H,15-18H2,1H3,(H2,30,32). The number of primary amides is 1. The second-order valence-electron chi connectivity index (χ2n) is 9.33. The number of hydrogen-bond acceptors (Lipinski definition) is 2. The maximum Gasteiger partial charge on any atom is 0.228 e. The number of carbonyl (C=O) groups is 1. The van der Waals surface area contributed by atoms with Crippen molar-refractivity contribution in [3.63, 3.8) is 0 Å². The number of nitrogens with two attached hydrogens (primary N) is 1. The molecule has 2 saturated heterocycles. The van der Waals surface area contributed by atoms with E-state index in [-0.39, 0.29) is 24.0 Å². The normalized spacial score (nSPS) is 26.1. The first-order chi connectivity index (χ1) is 15.5. The minimum atomic E-state index is -0.611. The Morgan fingerprint density at radius 1 is 0.906 bits per heavy atom. The first-order valence-electron chi connectivity index (χ1n) is 11.4. The molecular weight excluding hydrogens is 416 g/mol. The Labute approximate surface area is 195 Å². The van der Waals surface area contributed by atoms with Crippen LogP contribution < -0.4 is 5.73 Å². The van der Waals surface area contributed by atoms with Gasteiger partial charge in [-0.05, 0) is 60.9 Å². The van der Waals surface area contributed by atoms with Gasteiger partial charge in [-0.15, -0.1) is 0 Å². The zero-order valence-corrected chi connectivity index (χ0v) is 19.1. The molecule has 164 valence electrons. The largest absolute Gasteiger partial charge is 0.369 e. The van der Waals surface area contributed by atoms with Gasteiger partial charge in [-0.3, -0.25) is 9.69 Å². The third kappa shape index (κ3) is 3.44. The first-order valence-corrected chi connectivity index (χ1v) is 11.8. The van der Waals surface area contributed by atoms with Gasteiger partial charge in [-0.25, -0.2) is 0 Å². The molecular formula is C28H29ClN2O. The van der Waals surface area contributed by atoms with Gasteiger partial charge in [0.05, 0.1) is 11.5 Å². The van der Waals surface area contributed by atoms with E-state index in [1.807, 2.05) is 30.3 Å². The van der Waals surface area contributed by atoms with Crippen LogP contribution in [-0.4, -0.2) is 22.9 Å². The highest BCUT2D eigenvalue weighted by atomic mass is 35.5. The molecule has 2 N–H and O–H groups in total. The van der Waals surface area contributed by atoms with E-state index < -0.39 is 5.41 Å². The minimum Gasteiger partial charge on any atom is -0.369 e. The summed E-state index contributed by atoms with van der Waals surface area (Å²) in [4.78, 5) is 15.5. The summed E-state index contributed by atoms with van der Waals surface area (Å²) in [6.45, 7) is 2.17. The SMILES string of the molecule is Cc1ccccc1C(c1ccccc1Cl)N1C2CCC1CC(C(N)=O)(c1ccccc1)C2. The summed E-state index contributed by atoms with van der Waals surface area (Å²) in [5.41, 5.74) is 10.2. The fourth-order valence-electron chi connectivity index (χ4n) is 6.12. The van der Waals surface area contributed by atoms with E-state index >= 15 is 0 Å². The van der Waals surface area contributed by atoms with Crippen LogP contribution in [0.1, 0.15) is 54.0 Å². The molecule has 2 fully saturated rings. The molecule has 0 radical (unpaired) electrons. The molecule has 2 heterocycles. The Balaban J connectivity index is 1.60. The molecule has 0 aromatic heterocycles. The predicted molar refractivity (Wildman–Crippen MR) is 130 cm³/mol. The maximum atomic E-state index is 12.9. The number of benzene rings is 3. The molecule has 0 saturated carbocycles. The molecule has 32 heavy (non-hydrogen) atoms. The smallest absolute Gasteiger partial charge is 0.228 e. The van der Waals surface area contributed by atoms with Gasteiger partial charge in [0, 0.05) is 17.1 Å². The van der Waals surface area contributed by atoms with Crippen LogP contribution in [0.2, 0.25) is 5.02 Å². The lowest BCUT2D eigenvalue weighted by molar-refractivity contribution is -0.127. The van der Waals surface area contributed by atoms with Gasteiger partial charge in [0.2, 0.25) is 5.91 Å². The Hall–Kier alpha value is -2.62. The molecule has 0 aliphatic carbocycles. The first kappa shape index (κ1) is 21.2. The van der Waals surface area contributed by atoms with Gasteiger partial charge in [0.25, 0.3) is 0 Å². The lowest BCUT2D eigenvalue weighted by Gasteiger charge is -2.49. The average molecular weight is 445 g/mol.